The highest BCUT2D eigenvalue weighted by Crippen LogP contribution is 2.38. The number of likely N-dealkylation sites (N-methyl/N-ethyl adjacent to an activating group) is 1. The number of hydrogen-bond acceptors (Lipinski definition) is 3. The van der Waals surface area contributed by atoms with Crippen LogP contribution in [0.25, 0.3) is 11.0 Å². The van der Waals surface area contributed by atoms with Crippen LogP contribution in [0.3, 0.4) is 0 Å². The summed E-state index contributed by atoms with van der Waals surface area (Å²) in [5.74, 6) is -2.33. The topological polar surface area (TPSA) is 59.3 Å². The van der Waals surface area contributed by atoms with E-state index in [9.17, 15) is 18.4 Å². The number of likely N-dealkylation sites (tertiary alicyclic amines) is 1. The summed E-state index contributed by atoms with van der Waals surface area (Å²) in [6, 6.07) is 2.62. The van der Waals surface area contributed by atoms with Crippen LogP contribution in [0.5, 0.6) is 0 Å². The number of carbonyl (C=O) groups excluding carboxylic acids is 1. The van der Waals surface area contributed by atoms with Crippen LogP contribution >= 0.6 is 0 Å². The lowest BCUT2D eigenvalue weighted by Crippen LogP contribution is -2.45. The van der Waals surface area contributed by atoms with Crippen molar-refractivity contribution in [2.75, 3.05) is 19.6 Å². The molecule has 8 heteroatoms. The predicted molar refractivity (Wildman–Crippen MR) is 121 cm³/mol. The van der Waals surface area contributed by atoms with Crippen LogP contribution in [0.4, 0.5) is 8.78 Å². The Labute approximate surface area is 187 Å². The first kappa shape index (κ1) is 23.0. The molecule has 1 amide bonds. The van der Waals surface area contributed by atoms with Gasteiger partial charge in [-0.3, -0.25) is 13.9 Å². The van der Waals surface area contributed by atoms with E-state index >= 15 is 0 Å². The van der Waals surface area contributed by atoms with Crippen molar-refractivity contribution in [3.8, 4) is 0 Å². The van der Waals surface area contributed by atoms with Gasteiger partial charge in [0.05, 0.1) is 11.0 Å². The number of piperidine rings is 1. The molecule has 2 aromatic rings. The third-order valence-corrected chi connectivity index (χ3v) is 7.37. The first-order valence-electron chi connectivity index (χ1n) is 11.8. The van der Waals surface area contributed by atoms with E-state index in [0.717, 1.165) is 38.1 Å². The van der Waals surface area contributed by atoms with Crippen LogP contribution in [-0.4, -0.2) is 45.6 Å². The summed E-state index contributed by atoms with van der Waals surface area (Å²) < 4.78 is 30.9. The number of rotatable bonds is 5. The summed E-state index contributed by atoms with van der Waals surface area (Å²) >= 11 is 0. The molecule has 0 atom stereocenters. The molecule has 0 bridgehead atoms. The summed E-state index contributed by atoms with van der Waals surface area (Å²) in [4.78, 5) is 28.0. The maximum absolute atomic E-state index is 14.1. The van der Waals surface area contributed by atoms with Gasteiger partial charge in [-0.2, -0.15) is 0 Å². The molecule has 1 saturated carbocycles. The van der Waals surface area contributed by atoms with E-state index in [0.29, 0.717) is 23.5 Å². The molecule has 2 aliphatic rings. The van der Waals surface area contributed by atoms with Gasteiger partial charge in [0, 0.05) is 43.9 Å². The lowest BCUT2D eigenvalue weighted by atomic mass is 9.75. The minimum absolute atomic E-state index is 0.0957. The number of nitrogens with zero attached hydrogens (tertiary/aromatic N) is 3. The molecule has 176 valence electrons. The van der Waals surface area contributed by atoms with Gasteiger partial charge in [-0.1, -0.05) is 13.8 Å². The quantitative estimate of drug-likeness (QED) is 0.757. The van der Waals surface area contributed by atoms with Crippen molar-refractivity contribution in [3.05, 3.63) is 34.3 Å². The average Bonchev–Trinajstić information content (AvgIpc) is 2.99. The molecule has 1 saturated heterocycles. The maximum atomic E-state index is 14.1. The Kier molecular flexibility index (Phi) is 6.43. The Morgan fingerprint density at radius 1 is 1.03 bits per heavy atom. The van der Waals surface area contributed by atoms with Crippen LogP contribution in [0.1, 0.15) is 65.3 Å². The second-order valence-electron chi connectivity index (χ2n) is 10.1. The van der Waals surface area contributed by atoms with Crippen LogP contribution < -0.4 is 11.0 Å². The van der Waals surface area contributed by atoms with Gasteiger partial charge in [0.15, 0.2) is 11.6 Å². The summed E-state index contributed by atoms with van der Waals surface area (Å²) in [5, 5.41) is 2.67. The highest BCUT2D eigenvalue weighted by atomic mass is 19.2. The molecule has 6 nitrogen and oxygen atoms in total. The van der Waals surface area contributed by atoms with E-state index in [1.54, 1.807) is 11.5 Å². The van der Waals surface area contributed by atoms with Gasteiger partial charge in [-0.25, -0.2) is 13.6 Å². The van der Waals surface area contributed by atoms with Gasteiger partial charge in [0.1, 0.15) is 6.54 Å². The van der Waals surface area contributed by atoms with Crippen molar-refractivity contribution < 1.29 is 13.6 Å². The van der Waals surface area contributed by atoms with Crippen molar-refractivity contribution in [2.45, 2.75) is 77.9 Å². The second kappa shape index (κ2) is 8.96. The highest BCUT2D eigenvalue weighted by Gasteiger charge is 2.33. The van der Waals surface area contributed by atoms with E-state index in [1.165, 1.54) is 30.3 Å². The van der Waals surface area contributed by atoms with E-state index in [2.05, 4.69) is 24.1 Å². The fraction of sp³-hybridized carbons (Fsp3) is 0.667. The summed E-state index contributed by atoms with van der Waals surface area (Å²) in [5.41, 5.74) is 0.662. The SMILES string of the molecule is CCNC(=O)Cn1c(=O)n(C2CCN(C3CCC(C)(C)CC3)CC2)c2cc(F)c(F)cc21. The summed E-state index contributed by atoms with van der Waals surface area (Å²) in [7, 11) is 0. The molecular formula is C24H34F2N4O2. The molecule has 1 aliphatic carbocycles. The zero-order chi connectivity index (χ0) is 23.0. The number of halogens is 2. The Bertz CT molecular complexity index is 1040. The molecule has 2 heterocycles. The number of hydrogen-bond donors (Lipinski definition) is 1. The Morgan fingerprint density at radius 2 is 1.62 bits per heavy atom. The molecule has 0 spiro atoms. The molecule has 4 rings (SSSR count). The molecule has 0 radical (unpaired) electrons. The Hall–Kier alpha value is -2.22. The highest BCUT2D eigenvalue weighted by molar-refractivity contribution is 5.81. The number of imidazole rings is 1. The number of amides is 1. The Balaban J connectivity index is 1.58. The molecule has 1 aromatic heterocycles. The van der Waals surface area contributed by atoms with Gasteiger partial charge in [0.25, 0.3) is 0 Å². The normalized spacial score (nSPS) is 20.7. The number of benzene rings is 1. The van der Waals surface area contributed by atoms with Crippen molar-refractivity contribution in [2.24, 2.45) is 5.41 Å². The predicted octanol–water partition coefficient (Wildman–Crippen LogP) is 3.82. The fourth-order valence-corrected chi connectivity index (χ4v) is 5.43. The molecule has 1 aromatic carbocycles. The Morgan fingerprint density at radius 3 is 2.22 bits per heavy atom. The van der Waals surface area contributed by atoms with Gasteiger partial charge in [-0.15, -0.1) is 0 Å². The molecular weight excluding hydrogens is 414 g/mol. The average molecular weight is 449 g/mol. The van der Waals surface area contributed by atoms with E-state index in [-0.39, 0.29) is 29.7 Å². The minimum atomic E-state index is -1.02. The van der Waals surface area contributed by atoms with Crippen LogP contribution in [-0.2, 0) is 11.3 Å². The molecule has 1 aliphatic heterocycles. The minimum Gasteiger partial charge on any atom is -0.355 e. The number of aromatic nitrogens is 2. The maximum Gasteiger partial charge on any atom is 0.329 e. The van der Waals surface area contributed by atoms with Crippen LogP contribution in [0, 0.1) is 17.0 Å². The second-order valence-corrected chi connectivity index (χ2v) is 10.1. The number of nitrogens with one attached hydrogen (secondary N) is 1. The van der Waals surface area contributed by atoms with Gasteiger partial charge in [-0.05, 0) is 50.9 Å². The third-order valence-electron chi connectivity index (χ3n) is 7.37. The lowest BCUT2D eigenvalue weighted by molar-refractivity contribution is -0.121. The number of carbonyl (C=O) groups is 1. The van der Waals surface area contributed by atoms with E-state index in [4.69, 9.17) is 0 Å². The van der Waals surface area contributed by atoms with Crippen molar-refractivity contribution in [3.63, 3.8) is 0 Å². The molecule has 32 heavy (non-hydrogen) atoms. The first-order chi connectivity index (χ1) is 15.2. The van der Waals surface area contributed by atoms with Crippen molar-refractivity contribution in [1.82, 2.24) is 19.4 Å². The van der Waals surface area contributed by atoms with Crippen LogP contribution in [0.2, 0.25) is 0 Å². The zero-order valence-electron chi connectivity index (χ0n) is 19.3. The smallest absolute Gasteiger partial charge is 0.329 e. The van der Waals surface area contributed by atoms with Gasteiger partial charge < -0.3 is 10.2 Å². The van der Waals surface area contributed by atoms with Crippen molar-refractivity contribution in [1.29, 1.82) is 0 Å². The fourth-order valence-electron chi connectivity index (χ4n) is 5.43. The zero-order valence-corrected chi connectivity index (χ0v) is 19.3. The summed E-state index contributed by atoms with van der Waals surface area (Å²) in [6.45, 7) is 8.45. The first-order valence-corrected chi connectivity index (χ1v) is 11.8. The van der Waals surface area contributed by atoms with Crippen molar-refractivity contribution >= 4 is 16.9 Å². The van der Waals surface area contributed by atoms with E-state index < -0.39 is 11.6 Å². The molecule has 1 N–H and O–H groups in total. The largest absolute Gasteiger partial charge is 0.355 e. The van der Waals surface area contributed by atoms with Crippen LogP contribution in [0.15, 0.2) is 16.9 Å². The lowest BCUT2D eigenvalue weighted by Gasteiger charge is -2.43. The molecule has 2 fully saturated rings. The monoisotopic (exact) mass is 448 g/mol. The third kappa shape index (κ3) is 4.47. The molecule has 0 unspecified atom stereocenters. The van der Waals surface area contributed by atoms with Gasteiger partial charge in [0.2, 0.25) is 5.91 Å². The van der Waals surface area contributed by atoms with Gasteiger partial charge >= 0.3 is 5.69 Å². The summed E-state index contributed by atoms with van der Waals surface area (Å²) in [6.07, 6.45) is 6.42. The standard InChI is InChI=1S/C24H34F2N4O2/c1-4-27-22(31)15-29-20-13-18(25)19(26)14-21(20)30(23(29)32)17-7-11-28(12-8-17)16-5-9-24(2,3)10-6-16/h13-14,16-17H,4-12,15H2,1-3H3,(H,27,31). The van der Waals surface area contributed by atoms with E-state index in [1.807, 2.05) is 0 Å². The number of fused-ring (bicyclic) bond motifs is 1.